The van der Waals surface area contributed by atoms with E-state index in [0.29, 0.717) is 5.56 Å². The van der Waals surface area contributed by atoms with E-state index >= 15 is 0 Å². The fourth-order valence-electron chi connectivity index (χ4n) is 4.88. The first-order valence-electron chi connectivity index (χ1n) is 12.4. The van der Waals surface area contributed by atoms with Crippen LogP contribution in [0.1, 0.15) is 70.8 Å². The average Bonchev–Trinajstić information content (AvgIpc) is 2.90. The highest BCUT2D eigenvalue weighted by Gasteiger charge is 2.29. The number of para-hydroxylation sites is 1. The maximum absolute atomic E-state index is 13.7. The third-order valence-electron chi connectivity index (χ3n) is 6.98. The number of ether oxygens (including phenoxy) is 3. The highest BCUT2D eigenvalue weighted by Crippen LogP contribution is 2.41. The van der Waals surface area contributed by atoms with Crippen LogP contribution in [0.5, 0.6) is 11.5 Å². The second kappa shape index (κ2) is 11.6. The molecule has 1 aliphatic rings. The number of rotatable bonds is 9. The average molecular weight is 492 g/mol. The van der Waals surface area contributed by atoms with Gasteiger partial charge in [0.05, 0.1) is 25.9 Å². The Bertz CT molecular complexity index is 1210. The summed E-state index contributed by atoms with van der Waals surface area (Å²) in [6, 6.07) is 19.2. The van der Waals surface area contributed by atoms with E-state index < -0.39 is 0 Å². The van der Waals surface area contributed by atoms with E-state index in [9.17, 15) is 9.18 Å². The zero-order valence-electron chi connectivity index (χ0n) is 21.3. The highest BCUT2D eigenvalue weighted by molar-refractivity contribution is 5.91. The van der Waals surface area contributed by atoms with E-state index in [4.69, 9.17) is 14.2 Å². The number of benzene rings is 3. The standard InChI is InChI=1S/C30H34FNO4/c1-19-11-12-22(16-25(19)30(33)35-4)26-18-23(36-28-10-6-5-9-24(26)28)8-7-15-32-20(2)21-13-14-27(31)29(17-21)34-3/h5-6,9-14,16-17,20,23,26,32H,7-8,15,18H2,1-4H3/t20?,23-,26-/m0/s1. The van der Waals surface area contributed by atoms with Crippen LogP contribution in [-0.4, -0.2) is 32.8 Å². The molecular formula is C30H34FNO4. The summed E-state index contributed by atoms with van der Waals surface area (Å²) >= 11 is 0. The number of hydrogen-bond acceptors (Lipinski definition) is 5. The van der Waals surface area contributed by atoms with Crippen LogP contribution in [0.15, 0.2) is 60.7 Å². The lowest BCUT2D eigenvalue weighted by Gasteiger charge is -2.33. The SMILES string of the molecule is COC(=O)c1cc([C@@H]2C[C@H](CCCNC(C)c3ccc(F)c(OC)c3)Oc3ccccc32)ccc1C. The zero-order chi connectivity index (χ0) is 25.7. The van der Waals surface area contributed by atoms with Crippen molar-refractivity contribution in [2.75, 3.05) is 20.8 Å². The molecule has 1 unspecified atom stereocenters. The molecule has 0 amide bonds. The number of carbonyl (C=O) groups excluding carboxylic acids is 1. The molecule has 5 nitrogen and oxygen atoms in total. The van der Waals surface area contributed by atoms with Crippen molar-refractivity contribution in [2.45, 2.75) is 51.2 Å². The fourth-order valence-corrected chi connectivity index (χ4v) is 4.88. The first kappa shape index (κ1) is 25.7. The van der Waals surface area contributed by atoms with Gasteiger partial charge in [-0.1, -0.05) is 36.4 Å². The first-order chi connectivity index (χ1) is 17.4. The molecule has 3 aromatic rings. The van der Waals surface area contributed by atoms with E-state index in [0.717, 1.165) is 53.8 Å². The van der Waals surface area contributed by atoms with Gasteiger partial charge in [-0.05, 0) is 80.6 Å². The number of nitrogens with one attached hydrogen (secondary N) is 1. The molecule has 3 atom stereocenters. The fraction of sp³-hybridized carbons (Fsp3) is 0.367. The summed E-state index contributed by atoms with van der Waals surface area (Å²) in [5.74, 6) is 0.629. The summed E-state index contributed by atoms with van der Waals surface area (Å²) in [6.45, 7) is 4.79. The van der Waals surface area contributed by atoms with Gasteiger partial charge in [-0.25, -0.2) is 9.18 Å². The molecule has 1 aliphatic heterocycles. The van der Waals surface area contributed by atoms with Crippen LogP contribution >= 0.6 is 0 Å². The summed E-state index contributed by atoms with van der Waals surface area (Å²) in [5.41, 5.74) is 4.73. The zero-order valence-corrected chi connectivity index (χ0v) is 21.3. The smallest absolute Gasteiger partial charge is 0.338 e. The molecule has 0 bridgehead atoms. The summed E-state index contributed by atoms with van der Waals surface area (Å²) in [7, 11) is 2.89. The lowest BCUT2D eigenvalue weighted by atomic mass is 9.82. The summed E-state index contributed by atoms with van der Waals surface area (Å²) in [6.07, 6.45) is 2.73. The van der Waals surface area contributed by atoms with Gasteiger partial charge < -0.3 is 19.5 Å². The van der Waals surface area contributed by atoms with Crippen LogP contribution in [0.2, 0.25) is 0 Å². The Morgan fingerprint density at radius 3 is 2.72 bits per heavy atom. The molecule has 0 saturated heterocycles. The van der Waals surface area contributed by atoms with Gasteiger partial charge in [0.15, 0.2) is 11.6 Å². The lowest BCUT2D eigenvalue weighted by molar-refractivity contribution is 0.0599. The Morgan fingerprint density at radius 1 is 1.14 bits per heavy atom. The van der Waals surface area contributed by atoms with Gasteiger partial charge in [-0.15, -0.1) is 0 Å². The predicted molar refractivity (Wildman–Crippen MR) is 138 cm³/mol. The number of aryl methyl sites for hydroxylation is 1. The number of halogens is 1. The maximum atomic E-state index is 13.7. The van der Waals surface area contributed by atoms with Crippen LogP contribution in [0.4, 0.5) is 4.39 Å². The van der Waals surface area contributed by atoms with Crippen LogP contribution in [0, 0.1) is 12.7 Å². The lowest BCUT2D eigenvalue weighted by Crippen LogP contribution is -2.28. The molecule has 36 heavy (non-hydrogen) atoms. The largest absolute Gasteiger partial charge is 0.494 e. The maximum Gasteiger partial charge on any atom is 0.338 e. The Balaban J connectivity index is 1.42. The van der Waals surface area contributed by atoms with Crippen molar-refractivity contribution in [1.29, 1.82) is 0 Å². The Morgan fingerprint density at radius 2 is 1.94 bits per heavy atom. The molecule has 0 radical (unpaired) electrons. The number of fused-ring (bicyclic) bond motifs is 1. The number of esters is 1. The van der Waals surface area contributed by atoms with Crippen molar-refractivity contribution < 1.29 is 23.4 Å². The summed E-state index contributed by atoms with van der Waals surface area (Å²) in [5, 5.41) is 3.52. The first-order valence-corrected chi connectivity index (χ1v) is 12.4. The van der Waals surface area contributed by atoms with E-state index in [1.807, 2.05) is 37.3 Å². The van der Waals surface area contributed by atoms with Crippen molar-refractivity contribution in [3.8, 4) is 11.5 Å². The minimum absolute atomic E-state index is 0.0656. The second-order valence-electron chi connectivity index (χ2n) is 9.34. The molecule has 0 spiro atoms. The minimum atomic E-state index is -0.356. The molecule has 6 heteroatoms. The third kappa shape index (κ3) is 5.71. The Kier molecular flexibility index (Phi) is 8.26. The molecule has 1 N–H and O–H groups in total. The molecule has 0 saturated carbocycles. The summed E-state index contributed by atoms with van der Waals surface area (Å²) < 4.78 is 30.2. The molecule has 3 aromatic carbocycles. The highest BCUT2D eigenvalue weighted by atomic mass is 19.1. The molecular weight excluding hydrogens is 457 g/mol. The summed E-state index contributed by atoms with van der Waals surface area (Å²) in [4.78, 5) is 12.3. The predicted octanol–water partition coefficient (Wildman–Crippen LogP) is 6.34. The van der Waals surface area contributed by atoms with E-state index in [1.165, 1.54) is 20.3 Å². The number of hydrogen-bond donors (Lipinski definition) is 1. The molecule has 1 heterocycles. The Labute approximate surface area is 212 Å². The quantitative estimate of drug-likeness (QED) is 0.279. The van der Waals surface area contributed by atoms with Gasteiger partial charge in [0.25, 0.3) is 0 Å². The van der Waals surface area contributed by atoms with Gasteiger partial charge >= 0.3 is 5.97 Å². The van der Waals surface area contributed by atoms with Crippen molar-refractivity contribution >= 4 is 5.97 Å². The number of carbonyl (C=O) groups is 1. The Hall–Kier alpha value is -3.38. The van der Waals surface area contributed by atoms with Gasteiger partial charge in [0.1, 0.15) is 5.75 Å². The van der Waals surface area contributed by atoms with Crippen molar-refractivity contribution in [2.24, 2.45) is 0 Å². The monoisotopic (exact) mass is 491 g/mol. The molecule has 0 aliphatic carbocycles. The van der Waals surface area contributed by atoms with Crippen molar-refractivity contribution in [1.82, 2.24) is 5.32 Å². The molecule has 190 valence electrons. The van der Waals surface area contributed by atoms with Crippen LogP contribution in [0.25, 0.3) is 0 Å². The second-order valence-corrected chi connectivity index (χ2v) is 9.34. The van der Waals surface area contributed by atoms with Crippen molar-refractivity contribution in [3.63, 3.8) is 0 Å². The normalized spacial score (nSPS) is 17.6. The minimum Gasteiger partial charge on any atom is -0.494 e. The van der Waals surface area contributed by atoms with Gasteiger partial charge in [-0.3, -0.25) is 0 Å². The van der Waals surface area contributed by atoms with E-state index in [-0.39, 0.29) is 35.6 Å². The van der Waals surface area contributed by atoms with Gasteiger partial charge in [0.2, 0.25) is 0 Å². The molecule has 0 aromatic heterocycles. The molecule has 4 rings (SSSR count). The van der Waals surface area contributed by atoms with Crippen LogP contribution < -0.4 is 14.8 Å². The van der Waals surface area contributed by atoms with Crippen LogP contribution in [0.3, 0.4) is 0 Å². The topological polar surface area (TPSA) is 56.8 Å². The number of methoxy groups -OCH3 is 2. The third-order valence-corrected chi connectivity index (χ3v) is 6.98. The molecule has 0 fully saturated rings. The van der Waals surface area contributed by atoms with E-state index in [1.54, 1.807) is 12.1 Å². The van der Waals surface area contributed by atoms with Crippen molar-refractivity contribution in [3.05, 3.63) is 94.3 Å². The van der Waals surface area contributed by atoms with Crippen LogP contribution in [-0.2, 0) is 4.74 Å². The van der Waals surface area contributed by atoms with Gasteiger partial charge in [-0.2, -0.15) is 0 Å². The van der Waals surface area contributed by atoms with Gasteiger partial charge in [0, 0.05) is 17.5 Å². The van der Waals surface area contributed by atoms with E-state index in [2.05, 4.69) is 24.4 Å².